The highest BCUT2D eigenvalue weighted by molar-refractivity contribution is 5.67. The van der Waals surface area contributed by atoms with Gasteiger partial charge in [-0.2, -0.15) is 0 Å². The largest absolute Gasteiger partial charge is 0.481 e. The summed E-state index contributed by atoms with van der Waals surface area (Å²) in [5.41, 5.74) is 0. The molecule has 1 rings (SSSR count). The molecular weight excluding hydrogens is 210 g/mol. The maximum Gasteiger partial charge on any atom is 0.306 e. The molecule has 5 heteroatoms. The minimum absolute atomic E-state index is 0.203. The minimum atomic E-state index is -0.970. The standard InChI is InChI=1S/C11H21NO4/c13-10(6-11(14)15)7-12-4-1-5-16-8-9-2-3-9/h9-10,12-13H,1-8H2,(H,14,15). The van der Waals surface area contributed by atoms with Crippen LogP contribution in [0, 0.1) is 5.92 Å². The van der Waals surface area contributed by atoms with Gasteiger partial charge in [0.25, 0.3) is 0 Å². The highest BCUT2D eigenvalue weighted by Crippen LogP contribution is 2.28. The maximum absolute atomic E-state index is 10.2. The number of aliphatic carboxylic acids is 1. The molecule has 0 aromatic heterocycles. The van der Waals surface area contributed by atoms with Crippen LogP contribution in [0.3, 0.4) is 0 Å². The lowest BCUT2D eigenvalue weighted by atomic mass is 10.2. The van der Waals surface area contributed by atoms with Crippen LogP contribution in [0.15, 0.2) is 0 Å². The predicted molar refractivity (Wildman–Crippen MR) is 59.3 cm³/mol. The van der Waals surface area contributed by atoms with Crippen LogP contribution in [0.1, 0.15) is 25.7 Å². The van der Waals surface area contributed by atoms with E-state index in [9.17, 15) is 9.90 Å². The summed E-state index contributed by atoms with van der Waals surface area (Å²) in [6.45, 7) is 2.69. The number of aliphatic hydroxyl groups is 1. The van der Waals surface area contributed by atoms with Crippen LogP contribution in [0.5, 0.6) is 0 Å². The highest BCUT2D eigenvalue weighted by atomic mass is 16.5. The summed E-state index contributed by atoms with van der Waals surface area (Å²) in [6, 6.07) is 0. The van der Waals surface area contributed by atoms with E-state index in [4.69, 9.17) is 9.84 Å². The van der Waals surface area contributed by atoms with Gasteiger partial charge in [-0.3, -0.25) is 4.79 Å². The van der Waals surface area contributed by atoms with Gasteiger partial charge in [0, 0.05) is 19.8 Å². The zero-order valence-corrected chi connectivity index (χ0v) is 9.52. The van der Waals surface area contributed by atoms with E-state index in [1.807, 2.05) is 0 Å². The highest BCUT2D eigenvalue weighted by Gasteiger charge is 2.20. The Balaban J connectivity index is 1.77. The lowest BCUT2D eigenvalue weighted by Gasteiger charge is -2.09. The van der Waals surface area contributed by atoms with Gasteiger partial charge in [0.1, 0.15) is 0 Å². The van der Waals surface area contributed by atoms with Crippen molar-refractivity contribution in [2.24, 2.45) is 5.92 Å². The molecule has 1 saturated carbocycles. The second kappa shape index (κ2) is 7.60. The molecule has 1 fully saturated rings. The lowest BCUT2D eigenvalue weighted by molar-refractivity contribution is -0.139. The number of rotatable bonds is 10. The van der Waals surface area contributed by atoms with E-state index in [2.05, 4.69) is 5.32 Å². The molecule has 0 radical (unpaired) electrons. The predicted octanol–water partition coefficient (Wildman–Crippen LogP) is 0.228. The summed E-state index contributed by atoms with van der Waals surface area (Å²) < 4.78 is 5.43. The van der Waals surface area contributed by atoms with Gasteiger partial charge in [-0.15, -0.1) is 0 Å². The summed E-state index contributed by atoms with van der Waals surface area (Å²) in [5, 5.41) is 20.6. The van der Waals surface area contributed by atoms with E-state index >= 15 is 0 Å². The zero-order valence-electron chi connectivity index (χ0n) is 9.52. The van der Waals surface area contributed by atoms with Crippen molar-refractivity contribution in [1.29, 1.82) is 0 Å². The normalized spacial score (nSPS) is 17.3. The van der Waals surface area contributed by atoms with Gasteiger partial charge in [-0.1, -0.05) is 0 Å². The maximum atomic E-state index is 10.2. The molecule has 0 spiro atoms. The molecule has 1 aliphatic carbocycles. The third-order valence-electron chi connectivity index (χ3n) is 2.48. The van der Waals surface area contributed by atoms with E-state index in [-0.39, 0.29) is 6.42 Å². The minimum Gasteiger partial charge on any atom is -0.481 e. The number of aliphatic hydroxyl groups excluding tert-OH is 1. The summed E-state index contributed by atoms with van der Waals surface area (Å²) in [4.78, 5) is 10.2. The average molecular weight is 231 g/mol. The smallest absolute Gasteiger partial charge is 0.306 e. The van der Waals surface area contributed by atoms with E-state index in [1.165, 1.54) is 12.8 Å². The molecule has 0 amide bonds. The first-order chi connectivity index (χ1) is 7.68. The van der Waals surface area contributed by atoms with Gasteiger partial charge in [-0.05, 0) is 31.7 Å². The second-order valence-electron chi connectivity index (χ2n) is 4.33. The molecule has 0 aliphatic heterocycles. The Labute approximate surface area is 95.8 Å². The lowest BCUT2D eigenvalue weighted by Crippen LogP contribution is -2.29. The number of hydrogen-bond acceptors (Lipinski definition) is 4. The number of hydrogen-bond donors (Lipinski definition) is 3. The van der Waals surface area contributed by atoms with E-state index < -0.39 is 12.1 Å². The number of carboxylic acid groups (broad SMARTS) is 1. The molecule has 0 saturated heterocycles. The first kappa shape index (κ1) is 13.4. The molecule has 1 aliphatic rings. The van der Waals surface area contributed by atoms with Crippen LogP contribution in [0.25, 0.3) is 0 Å². The van der Waals surface area contributed by atoms with Crippen LogP contribution in [0.4, 0.5) is 0 Å². The van der Waals surface area contributed by atoms with E-state index in [0.29, 0.717) is 6.54 Å². The van der Waals surface area contributed by atoms with Gasteiger partial charge in [0.15, 0.2) is 0 Å². The Morgan fingerprint density at radius 3 is 2.88 bits per heavy atom. The third-order valence-corrected chi connectivity index (χ3v) is 2.48. The fourth-order valence-corrected chi connectivity index (χ4v) is 1.38. The van der Waals surface area contributed by atoms with Crippen LogP contribution < -0.4 is 5.32 Å². The van der Waals surface area contributed by atoms with Gasteiger partial charge >= 0.3 is 5.97 Å². The van der Waals surface area contributed by atoms with Crippen LogP contribution in [0.2, 0.25) is 0 Å². The van der Waals surface area contributed by atoms with Crippen molar-refractivity contribution in [3.63, 3.8) is 0 Å². The molecule has 0 heterocycles. The second-order valence-corrected chi connectivity index (χ2v) is 4.33. The van der Waals surface area contributed by atoms with Gasteiger partial charge in [-0.25, -0.2) is 0 Å². The van der Waals surface area contributed by atoms with Gasteiger partial charge in [0.2, 0.25) is 0 Å². The van der Waals surface area contributed by atoms with Crippen LogP contribution >= 0.6 is 0 Å². The SMILES string of the molecule is O=C(O)CC(O)CNCCCOCC1CC1. The Morgan fingerprint density at radius 1 is 1.50 bits per heavy atom. The van der Waals surface area contributed by atoms with Crippen LogP contribution in [-0.2, 0) is 9.53 Å². The molecular formula is C11H21NO4. The number of ether oxygens (including phenoxy) is 1. The molecule has 1 unspecified atom stereocenters. The summed E-state index contributed by atoms with van der Waals surface area (Å²) >= 11 is 0. The van der Waals surface area contributed by atoms with E-state index in [0.717, 1.165) is 32.1 Å². The molecule has 16 heavy (non-hydrogen) atoms. The average Bonchev–Trinajstić information content (AvgIpc) is 2.99. The number of carbonyl (C=O) groups is 1. The van der Waals surface area contributed by atoms with Crippen molar-refractivity contribution >= 4 is 5.97 Å². The molecule has 3 N–H and O–H groups in total. The zero-order chi connectivity index (χ0) is 11.8. The van der Waals surface area contributed by atoms with Crippen molar-refractivity contribution in [3.8, 4) is 0 Å². The molecule has 94 valence electrons. The molecule has 1 atom stereocenters. The fourth-order valence-electron chi connectivity index (χ4n) is 1.38. The first-order valence-electron chi connectivity index (χ1n) is 5.87. The van der Waals surface area contributed by atoms with Crippen LogP contribution in [-0.4, -0.2) is 48.6 Å². The molecule has 0 aromatic carbocycles. The van der Waals surface area contributed by atoms with E-state index in [1.54, 1.807) is 0 Å². The monoisotopic (exact) mass is 231 g/mol. The van der Waals surface area contributed by atoms with Crippen molar-refractivity contribution in [2.45, 2.75) is 31.8 Å². The summed E-state index contributed by atoms with van der Waals surface area (Å²) in [7, 11) is 0. The van der Waals surface area contributed by atoms with Crippen molar-refractivity contribution < 1.29 is 19.7 Å². The van der Waals surface area contributed by atoms with Gasteiger partial charge in [0.05, 0.1) is 12.5 Å². The molecule has 5 nitrogen and oxygen atoms in total. The van der Waals surface area contributed by atoms with Crippen molar-refractivity contribution in [2.75, 3.05) is 26.3 Å². The number of nitrogens with one attached hydrogen (secondary N) is 1. The van der Waals surface area contributed by atoms with Gasteiger partial charge < -0.3 is 20.3 Å². The Bertz CT molecular complexity index is 206. The van der Waals surface area contributed by atoms with Crippen molar-refractivity contribution in [1.82, 2.24) is 5.32 Å². The quantitative estimate of drug-likeness (QED) is 0.469. The molecule has 0 aromatic rings. The number of carboxylic acids is 1. The Morgan fingerprint density at radius 2 is 2.25 bits per heavy atom. The Kier molecular flexibility index (Phi) is 6.37. The molecule has 0 bridgehead atoms. The fraction of sp³-hybridized carbons (Fsp3) is 0.909. The third kappa shape index (κ3) is 7.62. The summed E-state index contributed by atoms with van der Waals surface area (Å²) in [6.07, 6.45) is 2.50. The van der Waals surface area contributed by atoms with Crippen molar-refractivity contribution in [3.05, 3.63) is 0 Å². The Hall–Kier alpha value is -0.650. The topological polar surface area (TPSA) is 78.8 Å². The summed E-state index contributed by atoms with van der Waals surface area (Å²) in [5.74, 6) is -0.174. The first-order valence-corrected chi connectivity index (χ1v) is 5.87.